The van der Waals surface area contributed by atoms with E-state index in [4.69, 9.17) is 0 Å². The van der Waals surface area contributed by atoms with Crippen molar-refractivity contribution in [2.75, 3.05) is 16.8 Å². The van der Waals surface area contributed by atoms with Crippen LogP contribution in [0.15, 0.2) is 17.5 Å². The van der Waals surface area contributed by atoms with E-state index in [1.807, 2.05) is 0 Å². The minimum Gasteiger partial charge on any atom is -0.507 e. The zero-order chi connectivity index (χ0) is 18.2. The second kappa shape index (κ2) is 6.60. The van der Waals surface area contributed by atoms with Crippen LogP contribution in [-0.4, -0.2) is 41.0 Å². The molecule has 0 radical (unpaired) electrons. The van der Waals surface area contributed by atoms with Gasteiger partial charge in [-0.3, -0.25) is 4.79 Å². The maximum absolute atomic E-state index is 13.5. The molecule has 0 spiro atoms. The van der Waals surface area contributed by atoms with Crippen LogP contribution in [0.3, 0.4) is 0 Å². The molecule has 1 saturated heterocycles. The maximum atomic E-state index is 13.5. The number of phenols is 2. The number of carbonyl (C=O) groups excluding carboxylic acids is 1. The normalized spacial score (nSPS) is 17.3. The highest BCUT2D eigenvalue weighted by Crippen LogP contribution is 2.35. The molecule has 0 aliphatic carbocycles. The van der Waals surface area contributed by atoms with Crippen LogP contribution in [0.2, 0.25) is 0 Å². The number of aromatic hydroxyl groups is 2. The summed E-state index contributed by atoms with van der Waals surface area (Å²) in [5, 5.41) is 23.5. The van der Waals surface area contributed by atoms with Crippen molar-refractivity contribution in [2.24, 2.45) is 5.92 Å². The van der Waals surface area contributed by atoms with Crippen LogP contribution in [0.25, 0.3) is 11.3 Å². The predicted octanol–water partition coefficient (Wildman–Crippen LogP) is 2.12. The molecule has 1 amide bonds. The number of benzene rings is 1. The molecule has 10 heteroatoms. The second-order valence-corrected chi connectivity index (χ2v) is 8.94. The Morgan fingerprint density at radius 1 is 1.24 bits per heavy atom. The van der Waals surface area contributed by atoms with E-state index >= 15 is 0 Å². The van der Waals surface area contributed by atoms with Crippen LogP contribution in [0, 0.1) is 11.7 Å². The van der Waals surface area contributed by atoms with Gasteiger partial charge in [-0.15, -0.1) is 11.3 Å². The van der Waals surface area contributed by atoms with Gasteiger partial charge in [0, 0.05) is 22.9 Å². The van der Waals surface area contributed by atoms with Gasteiger partial charge in [0.15, 0.2) is 16.7 Å². The van der Waals surface area contributed by atoms with Crippen molar-refractivity contribution < 1.29 is 27.8 Å². The van der Waals surface area contributed by atoms with Crippen LogP contribution in [0.4, 0.5) is 9.52 Å². The minimum atomic E-state index is -3.04. The molecule has 1 aromatic carbocycles. The summed E-state index contributed by atoms with van der Waals surface area (Å²) < 4.78 is 36.3. The Bertz CT molecular complexity index is 912. The predicted molar refractivity (Wildman–Crippen MR) is 90.8 cm³/mol. The van der Waals surface area contributed by atoms with E-state index in [9.17, 15) is 27.8 Å². The van der Waals surface area contributed by atoms with Gasteiger partial charge in [-0.05, 0) is 18.9 Å². The van der Waals surface area contributed by atoms with Gasteiger partial charge in [0.2, 0.25) is 5.91 Å². The molecule has 3 N–H and O–H groups in total. The van der Waals surface area contributed by atoms with Crippen molar-refractivity contribution in [3.05, 3.63) is 23.3 Å². The summed E-state index contributed by atoms with van der Waals surface area (Å²) in [6.45, 7) is 0. The van der Waals surface area contributed by atoms with Crippen LogP contribution < -0.4 is 5.32 Å². The zero-order valence-corrected chi connectivity index (χ0v) is 14.5. The first-order valence-corrected chi connectivity index (χ1v) is 10.1. The summed E-state index contributed by atoms with van der Waals surface area (Å²) in [6, 6.07) is 1.84. The van der Waals surface area contributed by atoms with Crippen molar-refractivity contribution in [3.63, 3.8) is 0 Å². The van der Waals surface area contributed by atoms with Gasteiger partial charge in [-0.1, -0.05) is 0 Å². The fourth-order valence-corrected chi connectivity index (χ4v) is 4.78. The largest absolute Gasteiger partial charge is 0.507 e. The monoisotopic (exact) mass is 386 g/mol. The van der Waals surface area contributed by atoms with E-state index in [0.717, 1.165) is 23.5 Å². The smallest absolute Gasteiger partial charge is 0.229 e. The number of anilines is 1. The first-order valence-electron chi connectivity index (χ1n) is 7.44. The molecular weight excluding hydrogens is 371 g/mol. The molecule has 1 aromatic heterocycles. The highest BCUT2D eigenvalue weighted by molar-refractivity contribution is 7.91. The standard InChI is InChI=1S/C15H15FN2O5S2/c16-10-5-9(12(19)6-13(10)20)11-7-24-15(17-11)18-14(21)8-1-3-25(22,23)4-2-8/h5-8,19-20H,1-4H2,(H,17,18,21). The number of nitrogens with zero attached hydrogens (tertiary/aromatic N) is 1. The molecule has 1 aliphatic rings. The number of halogens is 1. The summed E-state index contributed by atoms with van der Waals surface area (Å²) in [5.74, 6) is -2.61. The number of sulfone groups is 1. The van der Waals surface area contributed by atoms with Gasteiger partial charge >= 0.3 is 0 Å². The van der Waals surface area contributed by atoms with Crippen molar-refractivity contribution >= 4 is 32.2 Å². The number of aromatic nitrogens is 1. The lowest BCUT2D eigenvalue weighted by Gasteiger charge is -2.20. The van der Waals surface area contributed by atoms with Gasteiger partial charge < -0.3 is 15.5 Å². The molecule has 2 heterocycles. The summed E-state index contributed by atoms with van der Waals surface area (Å²) in [4.78, 5) is 16.3. The van der Waals surface area contributed by atoms with Crippen molar-refractivity contribution in [3.8, 4) is 22.8 Å². The van der Waals surface area contributed by atoms with Crippen LogP contribution in [-0.2, 0) is 14.6 Å². The Morgan fingerprint density at radius 3 is 2.60 bits per heavy atom. The number of rotatable bonds is 3. The van der Waals surface area contributed by atoms with Crippen molar-refractivity contribution in [1.82, 2.24) is 4.98 Å². The number of hydrogen-bond donors (Lipinski definition) is 3. The molecule has 134 valence electrons. The van der Waals surface area contributed by atoms with Crippen LogP contribution in [0.5, 0.6) is 11.5 Å². The van der Waals surface area contributed by atoms with Gasteiger partial charge in [-0.25, -0.2) is 17.8 Å². The van der Waals surface area contributed by atoms with Gasteiger partial charge in [0.1, 0.15) is 15.6 Å². The highest BCUT2D eigenvalue weighted by Gasteiger charge is 2.29. The highest BCUT2D eigenvalue weighted by atomic mass is 32.2. The molecule has 1 aliphatic heterocycles. The lowest BCUT2D eigenvalue weighted by molar-refractivity contribution is -0.120. The Kier molecular flexibility index (Phi) is 4.65. The Morgan fingerprint density at radius 2 is 1.92 bits per heavy atom. The average Bonchev–Trinajstić information content (AvgIpc) is 2.99. The van der Waals surface area contributed by atoms with E-state index in [-0.39, 0.29) is 52.4 Å². The molecule has 0 unspecified atom stereocenters. The Hall–Kier alpha value is -2.20. The quantitative estimate of drug-likeness (QED) is 0.744. The summed E-state index contributed by atoms with van der Waals surface area (Å²) >= 11 is 1.10. The number of carbonyl (C=O) groups is 1. The first kappa shape index (κ1) is 17.6. The number of nitrogens with one attached hydrogen (secondary N) is 1. The third-order valence-corrected chi connectivity index (χ3v) is 6.47. The molecule has 0 saturated carbocycles. The first-order chi connectivity index (χ1) is 11.7. The van der Waals surface area contributed by atoms with Crippen molar-refractivity contribution in [2.45, 2.75) is 12.8 Å². The fourth-order valence-electron chi connectivity index (χ4n) is 2.57. The lowest BCUT2D eigenvalue weighted by atomic mass is 10.0. The summed E-state index contributed by atoms with van der Waals surface area (Å²) in [6.07, 6.45) is 0.548. The van der Waals surface area contributed by atoms with E-state index in [1.165, 1.54) is 5.38 Å². The van der Waals surface area contributed by atoms with Crippen LogP contribution >= 0.6 is 11.3 Å². The Balaban J connectivity index is 1.72. The number of amides is 1. The number of thiazole rings is 1. The van der Waals surface area contributed by atoms with E-state index in [2.05, 4.69) is 10.3 Å². The van der Waals surface area contributed by atoms with Gasteiger partial charge in [-0.2, -0.15) is 0 Å². The van der Waals surface area contributed by atoms with E-state index in [1.54, 1.807) is 0 Å². The third kappa shape index (κ3) is 3.90. The second-order valence-electron chi connectivity index (χ2n) is 5.77. The molecule has 0 bridgehead atoms. The molecule has 2 aromatic rings. The molecule has 1 fully saturated rings. The lowest BCUT2D eigenvalue weighted by Crippen LogP contribution is -2.31. The molecule has 7 nitrogen and oxygen atoms in total. The Labute approximate surface area is 147 Å². The summed E-state index contributed by atoms with van der Waals surface area (Å²) in [5.41, 5.74) is 0.346. The van der Waals surface area contributed by atoms with Crippen LogP contribution in [0.1, 0.15) is 12.8 Å². The number of hydrogen-bond acceptors (Lipinski definition) is 7. The van der Waals surface area contributed by atoms with Gasteiger partial charge in [0.05, 0.1) is 17.2 Å². The maximum Gasteiger partial charge on any atom is 0.229 e. The number of phenolic OH excluding ortho intramolecular Hbond substituents is 2. The average molecular weight is 386 g/mol. The molecule has 25 heavy (non-hydrogen) atoms. The topological polar surface area (TPSA) is 117 Å². The molecule has 3 rings (SSSR count). The van der Waals surface area contributed by atoms with Gasteiger partial charge in [0.25, 0.3) is 0 Å². The SMILES string of the molecule is O=C(Nc1nc(-c2cc(F)c(O)cc2O)cs1)C1CCS(=O)(=O)CC1. The third-order valence-electron chi connectivity index (χ3n) is 4.00. The van der Waals surface area contributed by atoms with E-state index < -0.39 is 27.3 Å². The molecule has 0 atom stereocenters. The van der Waals surface area contributed by atoms with Crippen molar-refractivity contribution in [1.29, 1.82) is 0 Å². The minimum absolute atomic E-state index is 0.00510. The zero-order valence-electron chi connectivity index (χ0n) is 12.9. The fraction of sp³-hybridized carbons (Fsp3) is 0.333. The molecular formula is C15H15FN2O5S2. The van der Waals surface area contributed by atoms with E-state index in [0.29, 0.717) is 0 Å². The summed E-state index contributed by atoms with van der Waals surface area (Å²) in [7, 11) is -3.04.